The Hall–Kier alpha value is -2.03. The number of amides is 1. The van der Waals surface area contributed by atoms with Gasteiger partial charge in [-0.05, 0) is 12.1 Å². The summed E-state index contributed by atoms with van der Waals surface area (Å²) in [6.45, 7) is 0.614. The van der Waals surface area contributed by atoms with Gasteiger partial charge in [-0.25, -0.2) is 12.7 Å². The molecule has 0 radical (unpaired) electrons. The van der Waals surface area contributed by atoms with Gasteiger partial charge in [-0.3, -0.25) is 9.78 Å². The van der Waals surface area contributed by atoms with Crippen molar-refractivity contribution < 1.29 is 17.9 Å². The minimum atomic E-state index is -3.36. The molecule has 0 aliphatic carbocycles. The Morgan fingerprint density at radius 2 is 2.04 bits per heavy atom. The largest absolute Gasteiger partial charge is 0.379 e. The van der Waals surface area contributed by atoms with E-state index in [-0.39, 0.29) is 23.6 Å². The van der Waals surface area contributed by atoms with Gasteiger partial charge in [-0.2, -0.15) is 0 Å². The molecule has 1 saturated heterocycles. The Morgan fingerprint density at radius 3 is 2.80 bits per heavy atom. The van der Waals surface area contributed by atoms with Crippen LogP contribution in [0.5, 0.6) is 0 Å². The molecule has 8 heteroatoms. The molecule has 1 aromatic carbocycles. The summed E-state index contributed by atoms with van der Waals surface area (Å²) in [7, 11) is -0.359. The Morgan fingerprint density at radius 1 is 1.28 bits per heavy atom. The highest BCUT2D eigenvalue weighted by Crippen LogP contribution is 2.20. The van der Waals surface area contributed by atoms with Crippen LogP contribution in [0.2, 0.25) is 0 Å². The molecular weight excluding hydrogens is 342 g/mol. The van der Waals surface area contributed by atoms with Crippen LogP contribution in [0.4, 0.5) is 0 Å². The van der Waals surface area contributed by atoms with Crippen molar-refractivity contribution in [3.63, 3.8) is 0 Å². The second-order valence-corrected chi connectivity index (χ2v) is 8.55. The summed E-state index contributed by atoms with van der Waals surface area (Å²) in [5, 5.41) is 3.79. The maximum Gasteiger partial charge on any atom is 0.253 e. The third-order valence-corrected chi connectivity index (χ3v) is 6.34. The summed E-state index contributed by atoms with van der Waals surface area (Å²) >= 11 is 0. The molecule has 25 heavy (non-hydrogen) atoms. The van der Waals surface area contributed by atoms with Crippen LogP contribution in [0, 0.1) is 5.92 Å². The van der Waals surface area contributed by atoms with Gasteiger partial charge >= 0.3 is 0 Å². The molecule has 2 unspecified atom stereocenters. The van der Waals surface area contributed by atoms with E-state index in [1.807, 2.05) is 18.2 Å². The van der Waals surface area contributed by atoms with E-state index >= 15 is 0 Å². The van der Waals surface area contributed by atoms with E-state index in [9.17, 15) is 13.2 Å². The SMILES string of the molecule is CN(C)S(=O)(=O)CC1COCC1NC(=O)c1cccc2cccnc12. The molecule has 1 aliphatic rings. The number of nitrogens with zero attached hydrogens (tertiary/aromatic N) is 2. The number of ether oxygens (including phenoxy) is 1. The van der Waals surface area contributed by atoms with Crippen molar-refractivity contribution >= 4 is 26.8 Å². The van der Waals surface area contributed by atoms with Gasteiger partial charge in [-0.15, -0.1) is 0 Å². The van der Waals surface area contributed by atoms with Gasteiger partial charge in [-0.1, -0.05) is 18.2 Å². The van der Waals surface area contributed by atoms with Gasteiger partial charge in [0.25, 0.3) is 5.91 Å². The van der Waals surface area contributed by atoms with Gasteiger partial charge in [0, 0.05) is 31.6 Å². The predicted molar refractivity (Wildman–Crippen MR) is 94.8 cm³/mol. The standard InChI is InChI=1S/C17H21N3O4S/c1-20(2)25(22,23)11-13-9-24-10-15(13)19-17(21)14-7-3-5-12-6-4-8-18-16(12)14/h3-8,13,15H,9-11H2,1-2H3,(H,19,21). The Kier molecular flexibility index (Phi) is 5.03. The molecule has 7 nitrogen and oxygen atoms in total. The van der Waals surface area contributed by atoms with Crippen LogP contribution in [0.15, 0.2) is 36.5 Å². The fourth-order valence-electron chi connectivity index (χ4n) is 2.88. The zero-order valence-electron chi connectivity index (χ0n) is 14.2. The number of carbonyl (C=O) groups excluding carboxylic acids is 1. The van der Waals surface area contributed by atoms with Crippen LogP contribution >= 0.6 is 0 Å². The molecule has 0 saturated carbocycles. The zero-order valence-corrected chi connectivity index (χ0v) is 15.0. The molecule has 2 atom stereocenters. The molecule has 0 spiro atoms. The van der Waals surface area contributed by atoms with Crippen LogP contribution in [-0.4, -0.2) is 62.7 Å². The van der Waals surface area contributed by atoms with Gasteiger partial charge < -0.3 is 10.1 Å². The Bertz CT molecular complexity index is 877. The lowest BCUT2D eigenvalue weighted by Gasteiger charge is -2.21. The van der Waals surface area contributed by atoms with Gasteiger partial charge in [0.1, 0.15) is 0 Å². The number of carbonyl (C=O) groups is 1. The lowest BCUT2D eigenvalue weighted by atomic mass is 10.0. The van der Waals surface area contributed by atoms with E-state index in [0.29, 0.717) is 24.3 Å². The molecule has 1 aliphatic heterocycles. The number of nitrogens with one attached hydrogen (secondary N) is 1. The summed E-state index contributed by atoms with van der Waals surface area (Å²) in [6.07, 6.45) is 1.64. The molecule has 1 N–H and O–H groups in total. The average Bonchev–Trinajstić information content (AvgIpc) is 3.00. The second-order valence-electron chi connectivity index (χ2n) is 6.32. The van der Waals surface area contributed by atoms with Crippen LogP contribution in [0.25, 0.3) is 10.9 Å². The highest BCUT2D eigenvalue weighted by molar-refractivity contribution is 7.89. The van der Waals surface area contributed by atoms with E-state index < -0.39 is 10.0 Å². The van der Waals surface area contributed by atoms with Crippen molar-refractivity contribution in [1.82, 2.24) is 14.6 Å². The van der Waals surface area contributed by atoms with E-state index in [1.165, 1.54) is 18.4 Å². The number of fused-ring (bicyclic) bond motifs is 1. The number of pyridine rings is 1. The molecule has 2 heterocycles. The van der Waals surface area contributed by atoms with E-state index in [1.54, 1.807) is 18.3 Å². The Labute approximate surface area is 147 Å². The van der Waals surface area contributed by atoms with Crippen molar-refractivity contribution in [2.75, 3.05) is 33.1 Å². The first-order valence-corrected chi connectivity index (χ1v) is 9.62. The zero-order chi connectivity index (χ0) is 18.0. The smallest absolute Gasteiger partial charge is 0.253 e. The number of sulfonamides is 1. The number of rotatable bonds is 5. The topological polar surface area (TPSA) is 88.6 Å². The van der Waals surface area contributed by atoms with Crippen molar-refractivity contribution in [2.45, 2.75) is 6.04 Å². The summed E-state index contributed by atoms with van der Waals surface area (Å²) < 4.78 is 30.8. The lowest BCUT2D eigenvalue weighted by Crippen LogP contribution is -2.43. The minimum absolute atomic E-state index is 0.0568. The Balaban J connectivity index is 1.78. The van der Waals surface area contributed by atoms with Gasteiger partial charge in [0.2, 0.25) is 10.0 Å². The lowest BCUT2D eigenvalue weighted by molar-refractivity contribution is 0.0927. The predicted octanol–water partition coefficient (Wildman–Crippen LogP) is 0.871. The fourth-order valence-corrected chi connectivity index (χ4v) is 4.04. The molecular formula is C17H21N3O4S. The van der Waals surface area contributed by atoms with E-state index in [2.05, 4.69) is 10.3 Å². The van der Waals surface area contributed by atoms with Crippen LogP contribution in [0.3, 0.4) is 0 Å². The van der Waals surface area contributed by atoms with Crippen molar-refractivity contribution in [3.8, 4) is 0 Å². The number of hydrogen-bond acceptors (Lipinski definition) is 5. The highest BCUT2D eigenvalue weighted by Gasteiger charge is 2.34. The second kappa shape index (κ2) is 7.07. The van der Waals surface area contributed by atoms with E-state index in [0.717, 1.165) is 5.39 Å². The van der Waals surface area contributed by atoms with Crippen molar-refractivity contribution in [1.29, 1.82) is 0 Å². The average molecular weight is 363 g/mol. The van der Waals surface area contributed by atoms with Crippen LogP contribution < -0.4 is 5.32 Å². The molecule has 0 bridgehead atoms. The maximum absolute atomic E-state index is 12.7. The first-order chi connectivity index (χ1) is 11.9. The van der Waals surface area contributed by atoms with Crippen molar-refractivity contribution in [2.24, 2.45) is 5.92 Å². The normalized spacial score (nSPS) is 20.9. The first kappa shape index (κ1) is 17.8. The summed E-state index contributed by atoms with van der Waals surface area (Å²) in [5.41, 5.74) is 1.10. The molecule has 3 rings (SSSR count). The van der Waals surface area contributed by atoms with Crippen LogP contribution in [0.1, 0.15) is 10.4 Å². The molecule has 1 fully saturated rings. The maximum atomic E-state index is 12.7. The highest BCUT2D eigenvalue weighted by atomic mass is 32.2. The fraction of sp³-hybridized carbons (Fsp3) is 0.412. The summed E-state index contributed by atoms with van der Waals surface area (Å²) in [4.78, 5) is 17.0. The number of hydrogen-bond donors (Lipinski definition) is 1. The van der Waals surface area contributed by atoms with E-state index in [4.69, 9.17) is 4.74 Å². The van der Waals surface area contributed by atoms with Gasteiger partial charge in [0.05, 0.1) is 36.1 Å². The molecule has 2 aromatic rings. The van der Waals surface area contributed by atoms with Gasteiger partial charge in [0.15, 0.2) is 0 Å². The quantitative estimate of drug-likeness (QED) is 0.852. The minimum Gasteiger partial charge on any atom is -0.379 e. The summed E-state index contributed by atoms with van der Waals surface area (Å²) in [6, 6.07) is 8.77. The monoisotopic (exact) mass is 363 g/mol. The third kappa shape index (κ3) is 3.81. The molecule has 1 aromatic heterocycles. The summed E-state index contributed by atoms with van der Waals surface area (Å²) in [5.74, 6) is -0.606. The number of benzene rings is 1. The van der Waals surface area contributed by atoms with Crippen molar-refractivity contribution in [3.05, 3.63) is 42.1 Å². The number of para-hydroxylation sites is 1. The first-order valence-electron chi connectivity index (χ1n) is 8.01. The molecule has 1 amide bonds. The third-order valence-electron chi connectivity index (χ3n) is 4.37. The number of aromatic nitrogens is 1. The van der Waals surface area contributed by atoms with Crippen LogP contribution in [-0.2, 0) is 14.8 Å². The molecule has 134 valence electrons.